The van der Waals surface area contributed by atoms with Gasteiger partial charge in [-0.05, 0) is 56.7 Å². The third kappa shape index (κ3) is 6.23. The van der Waals surface area contributed by atoms with Crippen LogP contribution in [0.2, 0.25) is 0 Å². The number of methoxy groups -OCH3 is 1. The lowest BCUT2D eigenvalue weighted by molar-refractivity contribution is -0.201. The Hall–Kier alpha value is -4.29. The summed E-state index contributed by atoms with van der Waals surface area (Å²) in [6.07, 6.45) is 3.17. The van der Waals surface area contributed by atoms with Gasteiger partial charge in [-0.2, -0.15) is 0 Å². The van der Waals surface area contributed by atoms with Crippen LogP contribution in [0.15, 0.2) is 72.0 Å². The molecule has 214 valence electrons. The van der Waals surface area contributed by atoms with E-state index in [4.69, 9.17) is 9.57 Å². The van der Waals surface area contributed by atoms with E-state index < -0.39 is 15.4 Å². The van der Waals surface area contributed by atoms with Gasteiger partial charge in [0.25, 0.3) is 10.0 Å². The van der Waals surface area contributed by atoms with Crippen LogP contribution in [0.1, 0.15) is 20.8 Å². The second-order valence-electron chi connectivity index (χ2n) is 10.7. The number of nitrogens with one attached hydrogen (secondary N) is 1. The van der Waals surface area contributed by atoms with E-state index in [0.29, 0.717) is 31.7 Å². The highest BCUT2D eigenvalue weighted by molar-refractivity contribution is 7.92. The average Bonchev–Trinajstić information content (AvgIpc) is 2.97. The third-order valence-corrected chi connectivity index (χ3v) is 8.03. The molecule has 1 N–H and O–H groups in total. The first-order valence-corrected chi connectivity index (χ1v) is 14.6. The van der Waals surface area contributed by atoms with Gasteiger partial charge in [0.1, 0.15) is 17.8 Å². The lowest BCUT2D eigenvalue weighted by Gasteiger charge is -2.35. The number of anilines is 2. The van der Waals surface area contributed by atoms with Gasteiger partial charge in [0.15, 0.2) is 0 Å². The Labute approximate surface area is 239 Å². The highest BCUT2D eigenvalue weighted by Crippen LogP contribution is 2.33. The highest BCUT2D eigenvalue weighted by atomic mass is 32.2. The van der Waals surface area contributed by atoms with Crippen LogP contribution in [0.4, 0.5) is 11.5 Å². The van der Waals surface area contributed by atoms with Gasteiger partial charge in [0.2, 0.25) is 5.88 Å². The zero-order chi connectivity index (χ0) is 29.2. The quantitative estimate of drug-likeness (QED) is 0.343. The third-order valence-electron chi connectivity index (χ3n) is 6.65. The number of pyridine rings is 1. The Balaban J connectivity index is 1.42. The van der Waals surface area contributed by atoms with Crippen LogP contribution < -0.4 is 14.4 Å². The molecule has 1 aliphatic rings. The van der Waals surface area contributed by atoms with Crippen molar-refractivity contribution in [1.29, 1.82) is 0 Å². The number of hydrogen-bond acceptors (Lipinski definition) is 10. The minimum atomic E-state index is -3.85. The molecule has 1 saturated heterocycles. The standard InChI is InChI=1S/C29H32N6O5S/c1-29(2,3)28(36)40-35-14-12-34(13-15-35)26-23-16-20(10-11-24(23)31-19-32-26)21-17-25(27(39-4)30-18-21)33-41(37,38)22-8-6-5-7-9-22/h5-11,16-19,33H,12-15H2,1-4H3. The molecule has 0 amide bonds. The first-order valence-electron chi connectivity index (χ1n) is 13.1. The topological polar surface area (TPSA) is 127 Å². The summed E-state index contributed by atoms with van der Waals surface area (Å²) in [7, 11) is -2.42. The van der Waals surface area contributed by atoms with Crippen LogP contribution in [0.25, 0.3) is 22.0 Å². The summed E-state index contributed by atoms with van der Waals surface area (Å²) in [5, 5.41) is 2.53. The molecular formula is C29H32N6O5S. The molecule has 0 atom stereocenters. The Morgan fingerprint density at radius 3 is 2.34 bits per heavy atom. The summed E-state index contributed by atoms with van der Waals surface area (Å²) in [4.78, 5) is 33.5. The molecule has 0 radical (unpaired) electrons. The Kier molecular flexibility index (Phi) is 7.78. The molecule has 0 unspecified atom stereocenters. The van der Waals surface area contributed by atoms with Crippen LogP contribution in [0, 0.1) is 5.41 Å². The van der Waals surface area contributed by atoms with Crippen LogP contribution >= 0.6 is 0 Å². The number of benzene rings is 2. The Bertz CT molecular complexity index is 1670. The number of ether oxygens (including phenoxy) is 1. The number of hydrogen-bond donors (Lipinski definition) is 1. The van der Waals surface area contributed by atoms with E-state index in [2.05, 4.69) is 24.6 Å². The number of fused-ring (bicyclic) bond motifs is 1. The molecule has 0 aliphatic carbocycles. The second kappa shape index (κ2) is 11.3. The molecular weight excluding hydrogens is 544 g/mol. The van der Waals surface area contributed by atoms with E-state index in [1.54, 1.807) is 35.5 Å². The molecule has 0 bridgehead atoms. The summed E-state index contributed by atoms with van der Waals surface area (Å²) in [6, 6.07) is 15.6. The minimum absolute atomic E-state index is 0.133. The molecule has 11 nitrogen and oxygen atoms in total. The molecule has 0 spiro atoms. The molecule has 1 fully saturated rings. The Morgan fingerprint density at radius 2 is 1.66 bits per heavy atom. The molecule has 3 heterocycles. The lowest BCUT2D eigenvalue weighted by atomic mass is 9.98. The van der Waals surface area contributed by atoms with Gasteiger partial charge < -0.3 is 14.5 Å². The zero-order valence-electron chi connectivity index (χ0n) is 23.4. The van der Waals surface area contributed by atoms with E-state index >= 15 is 0 Å². The fourth-order valence-corrected chi connectivity index (χ4v) is 5.44. The zero-order valence-corrected chi connectivity index (χ0v) is 24.2. The monoisotopic (exact) mass is 576 g/mol. The predicted octanol–water partition coefficient (Wildman–Crippen LogP) is 4.13. The van der Waals surface area contributed by atoms with Gasteiger partial charge in [-0.25, -0.2) is 28.2 Å². The van der Waals surface area contributed by atoms with Crippen LogP contribution in [0.3, 0.4) is 0 Å². The van der Waals surface area contributed by atoms with Crippen LogP contribution in [-0.4, -0.2) is 67.7 Å². The van der Waals surface area contributed by atoms with Crippen molar-refractivity contribution in [3.8, 4) is 17.0 Å². The molecule has 4 aromatic rings. The first kappa shape index (κ1) is 28.2. The van der Waals surface area contributed by atoms with Crippen molar-refractivity contribution < 1.29 is 22.8 Å². The van der Waals surface area contributed by atoms with Crippen molar-refractivity contribution >= 4 is 38.4 Å². The van der Waals surface area contributed by atoms with Crippen molar-refractivity contribution in [3.05, 3.63) is 67.1 Å². The highest BCUT2D eigenvalue weighted by Gasteiger charge is 2.28. The number of sulfonamides is 1. The second-order valence-corrected chi connectivity index (χ2v) is 12.4. The summed E-state index contributed by atoms with van der Waals surface area (Å²) in [5.41, 5.74) is 1.91. The number of aromatic nitrogens is 3. The SMILES string of the molecule is COc1ncc(-c2ccc3ncnc(N4CCN(OC(=O)C(C)(C)C)CC4)c3c2)cc1NS(=O)(=O)c1ccccc1. The van der Waals surface area contributed by atoms with Gasteiger partial charge >= 0.3 is 5.97 Å². The van der Waals surface area contributed by atoms with E-state index in [-0.39, 0.29) is 22.4 Å². The van der Waals surface area contributed by atoms with Crippen molar-refractivity contribution in [2.75, 3.05) is 42.9 Å². The maximum absolute atomic E-state index is 13.0. The van der Waals surface area contributed by atoms with Crippen LogP contribution in [0.5, 0.6) is 5.88 Å². The minimum Gasteiger partial charge on any atom is -0.480 e. The smallest absolute Gasteiger partial charge is 0.330 e. The number of carbonyl (C=O) groups excluding carboxylic acids is 1. The van der Waals surface area contributed by atoms with Crippen molar-refractivity contribution in [3.63, 3.8) is 0 Å². The van der Waals surface area contributed by atoms with Gasteiger partial charge in [-0.1, -0.05) is 24.3 Å². The first-order chi connectivity index (χ1) is 19.5. The van der Waals surface area contributed by atoms with E-state index in [1.807, 2.05) is 39.0 Å². The molecule has 12 heteroatoms. The lowest BCUT2D eigenvalue weighted by Crippen LogP contribution is -2.48. The molecule has 2 aromatic carbocycles. The summed E-state index contributed by atoms with van der Waals surface area (Å²) in [5.74, 6) is 0.662. The van der Waals surface area contributed by atoms with Crippen molar-refractivity contribution in [2.24, 2.45) is 5.41 Å². The summed E-state index contributed by atoms with van der Waals surface area (Å²) < 4.78 is 33.9. The van der Waals surface area contributed by atoms with Crippen molar-refractivity contribution in [2.45, 2.75) is 25.7 Å². The number of carbonyl (C=O) groups is 1. The molecule has 1 aliphatic heterocycles. The molecule has 0 saturated carbocycles. The maximum atomic E-state index is 13.0. The van der Waals surface area contributed by atoms with E-state index in [0.717, 1.165) is 22.3 Å². The van der Waals surface area contributed by atoms with Crippen LogP contribution in [-0.2, 0) is 19.7 Å². The van der Waals surface area contributed by atoms with Gasteiger partial charge in [-0.3, -0.25) is 4.72 Å². The number of nitrogens with zero attached hydrogens (tertiary/aromatic N) is 5. The van der Waals surface area contributed by atoms with E-state index in [1.165, 1.54) is 25.6 Å². The molecule has 5 rings (SSSR count). The van der Waals surface area contributed by atoms with Gasteiger partial charge in [0, 0.05) is 30.2 Å². The van der Waals surface area contributed by atoms with Gasteiger partial charge in [-0.15, -0.1) is 5.06 Å². The predicted molar refractivity (Wildman–Crippen MR) is 156 cm³/mol. The summed E-state index contributed by atoms with van der Waals surface area (Å²) >= 11 is 0. The fraction of sp³-hybridized carbons (Fsp3) is 0.310. The Morgan fingerprint density at radius 1 is 0.927 bits per heavy atom. The van der Waals surface area contributed by atoms with E-state index in [9.17, 15) is 13.2 Å². The normalized spacial score (nSPS) is 14.6. The maximum Gasteiger partial charge on any atom is 0.330 e. The fourth-order valence-electron chi connectivity index (χ4n) is 4.37. The van der Waals surface area contributed by atoms with Gasteiger partial charge in [0.05, 0.1) is 36.0 Å². The number of hydroxylamine groups is 2. The number of piperazine rings is 1. The molecule has 2 aromatic heterocycles. The average molecular weight is 577 g/mol. The number of rotatable bonds is 7. The molecule has 41 heavy (non-hydrogen) atoms. The summed E-state index contributed by atoms with van der Waals surface area (Å²) in [6.45, 7) is 7.80. The largest absolute Gasteiger partial charge is 0.480 e. The van der Waals surface area contributed by atoms with Crippen molar-refractivity contribution in [1.82, 2.24) is 20.0 Å².